The quantitative estimate of drug-likeness (QED) is 0.178. The van der Waals surface area contributed by atoms with Gasteiger partial charge in [-0.1, -0.05) is 146 Å². The van der Waals surface area contributed by atoms with Gasteiger partial charge >= 0.3 is 0 Å². The molecule has 9 aromatic rings. The summed E-state index contributed by atoms with van der Waals surface area (Å²) in [6.07, 6.45) is 1.84. The van der Waals surface area contributed by atoms with Crippen molar-refractivity contribution in [3.05, 3.63) is 223 Å². The van der Waals surface area contributed by atoms with Crippen molar-refractivity contribution in [1.82, 2.24) is 15.0 Å². The van der Waals surface area contributed by atoms with E-state index < -0.39 is 5.41 Å². The van der Waals surface area contributed by atoms with E-state index in [1.165, 1.54) is 22.3 Å². The van der Waals surface area contributed by atoms with E-state index in [0.717, 1.165) is 73.1 Å². The van der Waals surface area contributed by atoms with Crippen LogP contribution in [0.2, 0.25) is 0 Å². The van der Waals surface area contributed by atoms with E-state index in [1.807, 2.05) is 48.7 Å². The minimum Gasteiger partial charge on any atom is -0.457 e. The first-order chi connectivity index (χ1) is 27.7. The second kappa shape index (κ2) is 12.9. The van der Waals surface area contributed by atoms with Gasteiger partial charge in [-0.05, 0) is 81.9 Å². The van der Waals surface area contributed by atoms with Crippen molar-refractivity contribution in [1.29, 1.82) is 0 Å². The molecule has 0 unspecified atom stereocenters. The smallest absolute Gasteiger partial charge is 0.160 e. The number of fused-ring (bicyclic) bond motifs is 9. The summed E-state index contributed by atoms with van der Waals surface area (Å²) >= 11 is 0. The first kappa shape index (κ1) is 32.0. The molecule has 0 N–H and O–H groups in total. The van der Waals surface area contributed by atoms with Crippen molar-refractivity contribution < 1.29 is 4.74 Å². The third-order valence-corrected chi connectivity index (χ3v) is 11.2. The number of ether oxygens (including phenoxy) is 1. The summed E-state index contributed by atoms with van der Waals surface area (Å²) < 4.78 is 6.90. The molecule has 0 radical (unpaired) electrons. The number of pyridine rings is 1. The Hall–Kier alpha value is -7.43. The molecule has 0 amide bonds. The maximum absolute atomic E-state index is 6.90. The molecular formula is C52H33N3O. The second-order valence-electron chi connectivity index (χ2n) is 14.4. The van der Waals surface area contributed by atoms with Gasteiger partial charge in [0.25, 0.3) is 0 Å². The van der Waals surface area contributed by atoms with Crippen LogP contribution >= 0.6 is 0 Å². The summed E-state index contributed by atoms with van der Waals surface area (Å²) in [7, 11) is 0. The molecule has 2 aromatic heterocycles. The molecule has 2 aliphatic rings. The minimum atomic E-state index is -0.645. The van der Waals surface area contributed by atoms with Crippen LogP contribution in [0.3, 0.4) is 0 Å². The van der Waals surface area contributed by atoms with E-state index in [4.69, 9.17) is 14.7 Å². The molecule has 0 fully saturated rings. The summed E-state index contributed by atoms with van der Waals surface area (Å²) in [6.45, 7) is 0. The Morgan fingerprint density at radius 1 is 0.339 bits per heavy atom. The van der Waals surface area contributed by atoms with E-state index >= 15 is 0 Å². The Balaban J connectivity index is 1.13. The molecule has 262 valence electrons. The molecule has 0 saturated carbocycles. The summed E-state index contributed by atoms with van der Waals surface area (Å²) in [5.74, 6) is 2.37. The van der Waals surface area contributed by atoms with Crippen LogP contribution in [0.4, 0.5) is 0 Å². The third kappa shape index (κ3) is 5.04. The lowest BCUT2D eigenvalue weighted by Gasteiger charge is -2.40. The minimum absolute atomic E-state index is 0.645. The van der Waals surface area contributed by atoms with Crippen molar-refractivity contribution in [2.45, 2.75) is 5.41 Å². The van der Waals surface area contributed by atoms with Crippen LogP contribution in [0, 0.1) is 0 Å². The lowest BCUT2D eigenvalue weighted by Crippen LogP contribution is -2.32. The predicted octanol–water partition coefficient (Wildman–Crippen LogP) is 12.7. The zero-order chi connectivity index (χ0) is 37.1. The van der Waals surface area contributed by atoms with Gasteiger partial charge in [0.1, 0.15) is 11.5 Å². The van der Waals surface area contributed by atoms with Crippen molar-refractivity contribution in [3.8, 4) is 78.9 Å². The van der Waals surface area contributed by atoms with E-state index in [1.54, 1.807) is 0 Å². The van der Waals surface area contributed by atoms with Crippen molar-refractivity contribution >= 4 is 0 Å². The average Bonchev–Trinajstić information content (AvgIpc) is 3.58. The van der Waals surface area contributed by atoms with Gasteiger partial charge in [0.2, 0.25) is 0 Å². The highest BCUT2D eigenvalue weighted by molar-refractivity contribution is 5.90. The summed E-state index contributed by atoms with van der Waals surface area (Å²) in [4.78, 5) is 14.9. The fourth-order valence-corrected chi connectivity index (χ4v) is 8.68. The third-order valence-electron chi connectivity index (χ3n) is 11.2. The fraction of sp³-hybridized carbons (Fsp3) is 0.0192. The molecule has 0 atom stereocenters. The topological polar surface area (TPSA) is 47.9 Å². The molecule has 7 aromatic carbocycles. The molecule has 4 nitrogen and oxygen atoms in total. The van der Waals surface area contributed by atoms with Crippen LogP contribution in [-0.2, 0) is 5.41 Å². The van der Waals surface area contributed by atoms with Crippen LogP contribution in [-0.4, -0.2) is 15.0 Å². The predicted molar refractivity (Wildman–Crippen MR) is 224 cm³/mol. The van der Waals surface area contributed by atoms with Gasteiger partial charge < -0.3 is 4.74 Å². The van der Waals surface area contributed by atoms with Crippen LogP contribution in [0.1, 0.15) is 22.3 Å². The highest BCUT2D eigenvalue weighted by Crippen LogP contribution is 2.62. The van der Waals surface area contributed by atoms with Gasteiger partial charge in [-0.3, -0.25) is 4.98 Å². The maximum atomic E-state index is 6.90. The van der Waals surface area contributed by atoms with Crippen LogP contribution in [0.25, 0.3) is 67.4 Å². The van der Waals surface area contributed by atoms with Gasteiger partial charge in [0.15, 0.2) is 5.82 Å². The number of benzene rings is 7. The molecule has 0 bridgehead atoms. The van der Waals surface area contributed by atoms with Crippen LogP contribution < -0.4 is 4.74 Å². The lowest BCUT2D eigenvalue weighted by molar-refractivity contribution is 0.436. The van der Waals surface area contributed by atoms with E-state index in [0.29, 0.717) is 5.82 Å². The molecule has 1 aliphatic carbocycles. The SMILES string of the molecule is c1ccc(-c2cc(-c3ccc4c(c3)C3(c5cc(-c6ccc(-c7ccccn7)cc6)ccc5O4)c4ccccc4-c4ccccc43)nc(-c3ccccc3)n2)cc1. The number of rotatable bonds is 5. The van der Waals surface area contributed by atoms with Gasteiger partial charge in [0, 0.05) is 39.6 Å². The highest BCUT2D eigenvalue weighted by atomic mass is 16.5. The van der Waals surface area contributed by atoms with E-state index in [9.17, 15) is 0 Å². The maximum Gasteiger partial charge on any atom is 0.160 e. The number of hydrogen-bond acceptors (Lipinski definition) is 4. The Kier molecular flexibility index (Phi) is 7.36. The zero-order valence-corrected chi connectivity index (χ0v) is 30.3. The number of aromatic nitrogens is 3. The first-order valence-electron chi connectivity index (χ1n) is 18.9. The normalized spacial score (nSPS) is 12.9. The van der Waals surface area contributed by atoms with Gasteiger partial charge in [-0.25, -0.2) is 9.97 Å². The van der Waals surface area contributed by atoms with Crippen molar-refractivity contribution in [3.63, 3.8) is 0 Å². The Morgan fingerprint density at radius 2 is 0.839 bits per heavy atom. The second-order valence-corrected chi connectivity index (χ2v) is 14.4. The largest absolute Gasteiger partial charge is 0.457 e. The number of nitrogens with zero attached hydrogens (tertiary/aromatic N) is 3. The van der Waals surface area contributed by atoms with Crippen molar-refractivity contribution in [2.24, 2.45) is 0 Å². The molecule has 0 saturated heterocycles. The van der Waals surface area contributed by atoms with Gasteiger partial charge in [0.05, 0.1) is 22.5 Å². The monoisotopic (exact) mass is 715 g/mol. The molecule has 1 aliphatic heterocycles. The molecule has 56 heavy (non-hydrogen) atoms. The lowest BCUT2D eigenvalue weighted by atomic mass is 9.65. The summed E-state index contributed by atoms with van der Waals surface area (Å²) in [5, 5.41) is 0. The Bertz CT molecular complexity index is 2820. The van der Waals surface area contributed by atoms with Crippen LogP contribution in [0.15, 0.2) is 200 Å². The van der Waals surface area contributed by atoms with Gasteiger partial charge in [-0.2, -0.15) is 0 Å². The standard InChI is InChI=1S/C52H33N3O/c1-3-13-35(14-4-1)47-33-48(55-51(54-47)37-15-5-2-6-16-37)39-27-29-50-45(32-39)52(42-19-9-7-17-40(42)41-18-8-10-20-43(41)52)44-31-38(26-28-49(44)56-50)34-22-24-36(25-23-34)46-21-11-12-30-53-46/h1-33H. The fourth-order valence-electron chi connectivity index (χ4n) is 8.68. The van der Waals surface area contributed by atoms with E-state index in [2.05, 4.69) is 157 Å². The molecule has 11 rings (SSSR count). The van der Waals surface area contributed by atoms with Gasteiger partial charge in [-0.15, -0.1) is 0 Å². The molecular weight excluding hydrogens is 683 g/mol. The number of hydrogen-bond donors (Lipinski definition) is 0. The first-order valence-corrected chi connectivity index (χ1v) is 18.9. The zero-order valence-electron chi connectivity index (χ0n) is 30.3. The summed E-state index contributed by atoms with van der Waals surface area (Å²) in [6, 6.07) is 68.3. The summed E-state index contributed by atoms with van der Waals surface area (Å²) in [5.41, 5.74) is 15.5. The molecule has 1 spiro atoms. The van der Waals surface area contributed by atoms with Crippen LogP contribution in [0.5, 0.6) is 11.5 Å². The Labute approximate surface area is 325 Å². The van der Waals surface area contributed by atoms with E-state index in [-0.39, 0.29) is 0 Å². The van der Waals surface area contributed by atoms with Crippen molar-refractivity contribution in [2.75, 3.05) is 0 Å². The molecule has 3 heterocycles. The average molecular weight is 716 g/mol. The molecule has 4 heteroatoms. The highest BCUT2D eigenvalue weighted by Gasteiger charge is 2.51. The Morgan fingerprint density at radius 3 is 1.48 bits per heavy atom.